The van der Waals surface area contributed by atoms with Gasteiger partial charge in [0.2, 0.25) is 5.76 Å². The van der Waals surface area contributed by atoms with Gasteiger partial charge in [0.05, 0.1) is 25.1 Å². The van der Waals surface area contributed by atoms with Gasteiger partial charge in [0.15, 0.2) is 0 Å². The summed E-state index contributed by atoms with van der Waals surface area (Å²) in [4.78, 5) is 11.6. The van der Waals surface area contributed by atoms with E-state index < -0.39 is 5.97 Å². The number of carbonyl (C=O) groups is 1. The van der Waals surface area contributed by atoms with Crippen LogP contribution in [0.4, 0.5) is 5.69 Å². The molecule has 0 spiro atoms. The molecule has 100 valence electrons. The van der Waals surface area contributed by atoms with E-state index in [0.29, 0.717) is 19.6 Å². The number of hydrazone groups is 1. The van der Waals surface area contributed by atoms with Crippen LogP contribution in [0.3, 0.4) is 0 Å². The molecule has 2 rings (SSSR count). The molecule has 0 aromatic heterocycles. The number of ether oxygens (including phenoxy) is 2. The molecule has 1 heterocycles. The van der Waals surface area contributed by atoms with Gasteiger partial charge in [-0.05, 0) is 19.1 Å². The SMILES string of the molecule is CCOC(=O)C1=C(/C=N/Nc2ccccc2)CCO1. The molecule has 0 atom stereocenters. The maximum Gasteiger partial charge on any atom is 0.373 e. The van der Waals surface area contributed by atoms with E-state index in [0.717, 1.165) is 11.3 Å². The number of esters is 1. The van der Waals surface area contributed by atoms with Crippen molar-refractivity contribution in [1.29, 1.82) is 0 Å². The van der Waals surface area contributed by atoms with Crippen molar-refractivity contribution in [3.63, 3.8) is 0 Å². The summed E-state index contributed by atoms with van der Waals surface area (Å²) in [6.07, 6.45) is 2.26. The van der Waals surface area contributed by atoms with Crippen LogP contribution in [0.1, 0.15) is 13.3 Å². The number of benzene rings is 1. The van der Waals surface area contributed by atoms with Gasteiger partial charge in [-0.3, -0.25) is 5.43 Å². The number of carbonyl (C=O) groups excluding carboxylic acids is 1. The number of nitrogens with one attached hydrogen (secondary N) is 1. The third-order valence-electron chi connectivity index (χ3n) is 2.56. The summed E-state index contributed by atoms with van der Waals surface area (Å²) in [5.74, 6) is -0.165. The second kappa shape index (κ2) is 6.58. The number of rotatable bonds is 5. The summed E-state index contributed by atoms with van der Waals surface area (Å²) in [5.41, 5.74) is 4.53. The number of anilines is 1. The Bertz CT molecular complexity index is 495. The molecule has 0 bridgehead atoms. The number of nitrogens with zero attached hydrogens (tertiary/aromatic N) is 1. The second-order valence-corrected chi connectivity index (χ2v) is 3.91. The maximum absolute atomic E-state index is 11.6. The third-order valence-corrected chi connectivity index (χ3v) is 2.56. The Hall–Kier alpha value is -2.30. The molecule has 0 radical (unpaired) electrons. The monoisotopic (exact) mass is 260 g/mol. The molecular formula is C14H16N2O3. The summed E-state index contributed by atoms with van der Waals surface area (Å²) in [5, 5.41) is 4.10. The lowest BCUT2D eigenvalue weighted by atomic mass is 10.2. The summed E-state index contributed by atoms with van der Waals surface area (Å²) in [6, 6.07) is 9.58. The minimum atomic E-state index is -0.429. The molecule has 0 saturated carbocycles. The van der Waals surface area contributed by atoms with Crippen molar-refractivity contribution in [2.75, 3.05) is 18.6 Å². The molecule has 5 nitrogen and oxygen atoms in total. The topological polar surface area (TPSA) is 59.9 Å². The van der Waals surface area contributed by atoms with Crippen LogP contribution in [0.5, 0.6) is 0 Å². The number of hydrogen-bond acceptors (Lipinski definition) is 5. The largest absolute Gasteiger partial charge is 0.486 e. The highest BCUT2D eigenvalue weighted by atomic mass is 16.6. The fourth-order valence-electron chi connectivity index (χ4n) is 1.68. The molecule has 19 heavy (non-hydrogen) atoms. The molecule has 1 N–H and O–H groups in total. The predicted octanol–water partition coefficient (Wildman–Crippen LogP) is 2.32. The van der Waals surface area contributed by atoms with Gasteiger partial charge < -0.3 is 9.47 Å². The van der Waals surface area contributed by atoms with E-state index in [1.54, 1.807) is 13.1 Å². The lowest BCUT2D eigenvalue weighted by molar-refractivity contribution is -0.142. The van der Waals surface area contributed by atoms with E-state index in [9.17, 15) is 4.79 Å². The fourth-order valence-corrected chi connectivity index (χ4v) is 1.68. The van der Waals surface area contributed by atoms with Crippen LogP contribution in [-0.2, 0) is 14.3 Å². The van der Waals surface area contributed by atoms with Gasteiger partial charge in [-0.2, -0.15) is 5.10 Å². The van der Waals surface area contributed by atoms with Crippen molar-refractivity contribution >= 4 is 17.9 Å². The Morgan fingerprint density at radius 3 is 3.00 bits per heavy atom. The van der Waals surface area contributed by atoms with Gasteiger partial charge >= 0.3 is 5.97 Å². The molecule has 0 unspecified atom stereocenters. The highest BCUT2D eigenvalue weighted by molar-refractivity contribution is 5.95. The van der Waals surface area contributed by atoms with Crippen LogP contribution in [0, 0.1) is 0 Å². The summed E-state index contributed by atoms with van der Waals surface area (Å²) in [6.45, 7) is 2.58. The second-order valence-electron chi connectivity index (χ2n) is 3.91. The molecule has 1 aromatic carbocycles. The van der Waals surface area contributed by atoms with Crippen molar-refractivity contribution in [1.82, 2.24) is 0 Å². The summed E-state index contributed by atoms with van der Waals surface area (Å²) >= 11 is 0. The summed E-state index contributed by atoms with van der Waals surface area (Å²) in [7, 11) is 0. The quantitative estimate of drug-likeness (QED) is 0.501. The molecule has 0 fully saturated rings. The third kappa shape index (κ3) is 3.58. The zero-order chi connectivity index (χ0) is 13.5. The van der Waals surface area contributed by atoms with Crippen molar-refractivity contribution in [3.05, 3.63) is 41.7 Å². The lowest BCUT2D eigenvalue weighted by Crippen LogP contribution is -2.09. The van der Waals surface area contributed by atoms with Crippen LogP contribution in [-0.4, -0.2) is 25.4 Å². The Morgan fingerprint density at radius 2 is 2.26 bits per heavy atom. The standard InChI is InChI=1S/C14H16N2O3/c1-2-18-14(17)13-11(8-9-19-13)10-15-16-12-6-4-3-5-7-12/h3-7,10,16H,2,8-9H2,1H3/b15-10+. The molecule has 0 amide bonds. The predicted molar refractivity (Wildman–Crippen MR) is 72.8 cm³/mol. The molecule has 0 aliphatic carbocycles. The van der Waals surface area contributed by atoms with Crippen molar-refractivity contribution in [2.24, 2.45) is 5.10 Å². The van der Waals surface area contributed by atoms with Crippen LogP contribution in [0.15, 0.2) is 46.8 Å². The average molecular weight is 260 g/mol. The van der Waals surface area contributed by atoms with Gasteiger partial charge in [0, 0.05) is 12.0 Å². The van der Waals surface area contributed by atoms with Crippen molar-refractivity contribution in [3.8, 4) is 0 Å². The number of para-hydroxylation sites is 1. The fraction of sp³-hybridized carbons (Fsp3) is 0.286. The van der Waals surface area contributed by atoms with E-state index in [1.165, 1.54) is 0 Å². The first-order valence-electron chi connectivity index (χ1n) is 6.18. The Kier molecular flexibility index (Phi) is 4.55. The highest BCUT2D eigenvalue weighted by Crippen LogP contribution is 2.19. The van der Waals surface area contributed by atoms with Crippen LogP contribution in [0.2, 0.25) is 0 Å². The Balaban J connectivity index is 2.00. The van der Waals surface area contributed by atoms with E-state index in [2.05, 4.69) is 10.5 Å². The van der Waals surface area contributed by atoms with Crippen LogP contribution >= 0.6 is 0 Å². The van der Waals surface area contributed by atoms with Gasteiger partial charge in [-0.1, -0.05) is 18.2 Å². The Labute approximate surface area is 111 Å². The van der Waals surface area contributed by atoms with Gasteiger partial charge in [0.25, 0.3) is 0 Å². The first kappa shape index (κ1) is 13.1. The van der Waals surface area contributed by atoms with Gasteiger partial charge in [-0.25, -0.2) is 4.79 Å². The van der Waals surface area contributed by atoms with E-state index in [4.69, 9.17) is 9.47 Å². The lowest BCUT2D eigenvalue weighted by Gasteiger charge is -2.03. The molecule has 1 aliphatic rings. The zero-order valence-corrected chi connectivity index (χ0v) is 10.8. The first-order chi connectivity index (χ1) is 9.31. The first-order valence-corrected chi connectivity index (χ1v) is 6.18. The summed E-state index contributed by atoms with van der Waals surface area (Å²) < 4.78 is 10.2. The van der Waals surface area contributed by atoms with Crippen LogP contribution in [0.25, 0.3) is 0 Å². The molecule has 0 saturated heterocycles. The van der Waals surface area contributed by atoms with Gasteiger partial charge in [-0.15, -0.1) is 0 Å². The smallest absolute Gasteiger partial charge is 0.373 e. The molecule has 1 aromatic rings. The van der Waals surface area contributed by atoms with E-state index in [1.807, 2.05) is 30.3 Å². The van der Waals surface area contributed by atoms with E-state index >= 15 is 0 Å². The van der Waals surface area contributed by atoms with E-state index in [-0.39, 0.29) is 5.76 Å². The van der Waals surface area contributed by atoms with Crippen LogP contribution < -0.4 is 5.43 Å². The van der Waals surface area contributed by atoms with Crippen molar-refractivity contribution < 1.29 is 14.3 Å². The molecule has 1 aliphatic heterocycles. The maximum atomic E-state index is 11.6. The number of hydrogen-bond donors (Lipinski definition) is 1. The van der Waals surface area contributed by atoms with Crippen molar-refractivity contribution in [2.45, 2.75) is 13.3 Å². The normalized spacial score (nSPS) is 14.6. The average Bonchev–Trinajstić information content (AvgIpc) is 2.89. The zero-order valence-electron chi connectivity index (χ0n) is 10.8. The Morgan fingerprint density at radius 1 is 1.47 bits per heavy atom. The highest BCUT2D eigenvalue weighted by Gasteiger charge is 2.22. The minimum absolute atomic E-state index is 0.264. The van der Waals surface area contributed by atoms with Gasteiger partial charge in [0.1, 0.15) is 0 Å². The molecular weight excluding hydrogens is 244 g/mol. The minimum Gasteiger partial charge on any atom is -0.486 e. The molecule has 5 heteroatoms.